The summed E-state index contributed by atoms with van der Waals surface area (Å²) in [6, 6.07) is -3.23. The molecule has 0 aliphatic carbocycles. The first-order valence-electron chi connectivity index (χ1n) is 9.50. The molecule has 0 aliphatic heterocycles. The van der Waals surface area contributed by atoms with Crippen molar-refractivity contribution in [3.63, 3.8) is 0 Å². The maximum Gasteiger partial charge on any atom is 0.0626 e. The molecule has 0 atom stereocenters. The zero-order valence-corrected chi connectivity index (χ0v) is 6.00. The van der Waals surface area contributed by atoms with Crippen molar-refractivity contribution in [3.05, 3.63) is 35.3 Å². The zero-order chi connectivity index (χ0) is 19.5. The third-order valence-corrected chi connectivity index (χ3v) is 1.25. The van der Waals surface area contributed by atoms with Crippen LogP contribution in [0.4, 0.5) is 0 Å². The summed E-state index contributed by atoms with van der Waals surface area (Å²) in [6.07, 6.45) is 0. The highest BCUT2D eigenvalue weighted by molar-refractivity contribution is 5.31. The molecule has 0 aliphatic rings. The smallest absolute Gasteiger partial charge is 0.0620 e. The SMILES string of the molecule is [2H]c1c([2H])c([2H])c(C(C([2H])([2H])[2H])(C([2H])([2H])[2H])C([2H])([2H])[2H])c(C)c1[2H]. The highest BCUT2D eigenvalue weighted by atomic mass is 14.2. The largest absolute Gasteiger partial charge is 0.0626 e. The van der Waals surface area contributed by atoms with Gasteiger partial charge >= 0.3 is 0 Å². The van der Waals surface area contributed by atoms with Gasteiger partial charge in [0.05, 0.1) is 5.48 Å². The molecule has 0 unspecified atom stereocenters. The van der Waals surface area contributed by atoms with Gasteiger partial charge in [0.1, 0.15) is 0 Å². The summed E-state index contributed by atoms with van der Waals surface area (Å²) in [5, 5.41) is 0. The monoisotopic (exact) mass is 161 g/mol. The molecule has 0 spiro atoms. The molecule has 0 saturated carbocycles. The van der Waals surface area contributed by atoms with Crippen molar-refractivity contribution in [1.82, 2.24) is 0 Å². The van der Waals surface area contributed by atoms with Crippen molar-refractivity contribution in [3.8, 4) is 0 Å². The number of hydrogen-bond donors (Lipinski definition) is 0. The van der Waals surface area contributed by atoms with Crippen LogP contribution in [0, 0.1) is 6.92 Å². The van der Waals surface area contributed by atoms with Gasteiger partial charge in [0.15, 0.2) is 0 Å². The molecule has 0 amide bonds. The number of benzene rings is 1. The minimum atomic E-state index is -3.58. The fourth-order valence-electron chi connectivity index (χ4n) is 0.750. The van der Waals surface area contributed by atoms with Crippen molar-refractivity contribution >= 4 is 0 Å². The second-order valence-corrected chi connectivity index (χ2v) is 2.25. The normalized spacial score (nSPS) is 32.3. The van der Waals surface area contributed by atoms with E-state index in [1.807, 2.05) is 0 Å². The molecular weight excluding hydrogens is 132 g/mol. The minimum Gasteiger partial charge on any atom is -0.0620 e. The average molecular weight is 161 g/mol. The molecular formula is C11H16. The standard InChI is InChI=1S/C11H16/c1-9-7-5-6-8-10(9)11(2,3)4/h5-8H,1-4H3/i2D3,3D3,4D3,5D,6D,7D,8D. The Morgan fingerprint density at radius 1 is 1.27 bits per heavy atom. The molecule has 0 N–H and O–H groups in total. The predicted octanol–water partition coefficient (Wildman–Crippen LogP) is 3.29. The summed E-state index contributed by atoms with van der Waals surface area (Å²) < 4.78 is 99.7. The Hall–Kier alpha value is -0.780. The van der Waals surface area contributed by atoms with E-state index in [9.17, 15) is 0 Å². The molecule has 60 valence electrons. The Labute approximate surface area is 87.5 Å². The van der Waals surface area contributed by atoms with Crippen molar-refractivity contribution < 1.29 is 17.8 Å². The van der Waals surface area contributed by atoms with Crippen molar-refractivity contribution in [2.24, 2.45) is 0 Å². The Kier molecular flexibility index (Phi) is 0.394. The van der Waals surface area contributed by atoms with Gasteiger partial charge in [-0.25, -0.2) is 0 Å². The highest BCUT2D eigenvalue weighted by Crippen LogP contribution is 2.24. The van der Waals surface area contributed by atoms with Gasteiger partial charge in [-0.2, -0.15) is 0 Å². The lowest BCUT2D eigenvalue weighted by molar-refractivity contribution is 0.586. The van der Waals surface area contributed by atoms with E-state index in [1.165, 1.54) is 0 Å². The van der Waals surface area contributed by atoms with Gasteiger partial charge < -0.3 is 0 Å². The first-order valence-corrected chi connectivity index (χ1v) is 3.00. The van der Waals surface area contributed by atoms with Crippen LogP contribution in [0.15, 0.2) is 24.2 Å². The molecule has 0 bridgehead atoms. The van der Waals surface area contributed by atoms with Gasteiger partial charge in [0.25, 0.3) is 0 Å². The predicted molar refractivity (Wildman–Crippen MR) is 49.9 cm³/mol. The average Bonchev–Trinajstić information content (AvgIpc) is 2.34. The molecule has 1 rings (SSSR count). The minimum absolute atomic E-state index is 0.413. The van der Waals surface area contributed by atoms with Gasteiger partial charge in [-0.05, 0) is 23.5 Å². The Balaban J connectivity index is 4.27. The van der Waals surface area contributed by atoms with Gasteiger partial charge in [-0.1, -0.05) is 44.7 Å². The van der Waals surface area contributed by atoms with Crippen LogP contribution in [0.2, 0.25) is 0 Å². The van der Waals surface area contributed by atoms with Crippen molar-refractivity contribution in [1.29, 1.82) is 0 Å². The fraction of sp³-hybridized carbons (Fsp3) is 0.455. The van der Waals surface area contributed by atoms with E-state index in [1.54, 1.807) is 0 Å². The Morgan fingerprint density at radius 3 is 2.55 bits per heavy atom. The highest BCUT2D eigenvalue weighted by Gasteiger charge is 2.14. The Morgan fingerprint density at radius 2 is 1.91 bits per heavy atom. The summed E-state index contributed by atoms with van der Waals surface area (Å²) in [7, 11) is 0. The molecule has 11 heavy (non-hydrogen) atoms. The fourth-order valence-corrected chi connectivity index (χ4v) is 0.750. The van der Waals surface area contributed by atoms with Crippen molar-refractivity contribution in [2.45, 2.75) is 32.9 Å². The third-order valence-electron chi connectivity index (χ3n) is 1.25. The second-order valence-electron chi connectivity index (χ2n) is 2.25. The molecule has 0 nitrogen and oxygen atoms in total. The molecule has 0 aromatic heterocycles. The van der Waals surface area contributed by atoms with Crippen LogP contribution >= 0.6 is 0 Å². The van der Waals surface area contributed by atoms with E-state index in [0.717, 1.165) is 6.92 Å². The summed E-state index contributed by atoms with van der Waals surface area (Å²) in [5.41, 5.74) is -4.79. The summed E-state index contributed by atoms with van der Waals surface area (Å²) in [4.78, 5) is 0. The molecule has 0 heterocycles. The number of hydrogen-bond acceptors (Lipinski definition) is 0. The lowest BCUT2D eigenvalue weighted by Gasteiger charge is -2.21. The van der Waals surface area contributed by atoms with Crippen LogP contribution in [0.1, 0.15) is 49.5 Å². The van der Waals surface area contributed by atoms with E-state index in [2.05, 4.69) is 0 Å². The molecule has 1 aromatic carbocycles. The van der Waals surface area contributed by atoms with E-state index in [0.29, 0.717) is 0 Å². The lowest BCUT2D eigenvalue weighted by atomic mass is 9.84. The third kappa shape index (κ3) is 1.83. The molecule has 0 heteroatoms. The van der Waals surface area contributed by atoms with Gasteiger partial charge in [0, 0.05) is 12.3 Å². The number of rotatable bonds is 0. The topological polar surface area (TPSA) is 0 Å². The van der Waals surface area contributed by atoms with Crippen LogP contribution in [-0.4, -0.2) is 0 Å². The van der Waals surface area contributed by atoms with Crippen LogP contribution in [0.5, 0.6) is 0 Å². The maximum atomic E-state index is 7.93. The second kappa shape index (κ2) is 2.69. The van der Waals surface area contributed by atoms with E-state index < -0.39 is 61.3 Å². The van der Waals surface area contributed by atoms with Crippen molar-refractivity contribution in [2.75, 3.05) is 0 Å². The molecule has 0 saturated heterocycles. The Bertz CT molecular complexity index is 581. The summed E-state index contributed by atoms with van der Waals surface area (Å²) in [6.45, 7) is -9.64. The van der Waals surface area contributed by atoms with Crippen LogP contribution in [0.3, 0.4) is 0 Å². The van der Waals surface area contributed by atoms with Gasteiger partial charge in [-0.3, -0.25) is 0 Å². The zero-order valence-electron chi connectivity index (χ0n) is 19.0. The molecule has 0 fully saturated rings. The van der Waals surface area contributed by atoms with Crippen LogP contribution < -0.4 is 0 Å². The first kappa shape index (κ1) is 1.61. The maximum absolute atomic E-state index is 7.93. The quantitative estimate of drug-likeness (QED) is 0.548. The molecule has 1 aromatic rings. The van der Waals surface area contributed by atoms with E-state index in [4.69, 9.17) is 17.8 Å². The van der Waals surface area contributed by atoms with E-state index >= 15 is 0 Å². The first-order chi connectivity index (χ1) is 10.4. The van der Waals surface area contributed by atoms with E-state index in [-0.39, 0.29) is 0 Å². The van der Waals surface area contributed by atoms with Gasteiger partial charge in [0.2, 0.25) is 0 Å². The lowest BCUT2D eigenvalue weighted by Crippen LogP contribution is -2.12. The van der Waals surface area contributed by atoms with Crippen LogP contribution in [-0.2, 0) is 5.41 Å². The molecule has 0 radical (unpaired) electrons. The van der Waals surface area contributed by atoms with Gasteiger partial charge in [-0.15, -0.1) is 0 Å². The summed E-state index contributed by atoms with van der Waals surface area (Å²) >= 11 is 0. The summed E-state index contributed by atoms with van der Waals surface area (Å²) in [5.74, 6) is 0. The van der Waals surface area contributed by atoms with Crippen LogP contribution in [0.25, 0.3) is 0 Å².